The maximum atomic E-state index is 11.7. The molecule has 0 bridgehead atoms. The summed E-state index contributed by atoms with van der Waals surface area (Å²) < 4.78 is 29.6. The van der Waals surface area contributed by atoms with Crippen LogP contribution < -0.4 is 4.90 Å². The van der Waals surface area contributed by atoms with E-state index in [-0.39, 0.29) is 6.10 Å². The summed E-state index contributed by atoms with van der Waals surface area (Å²) in [5, 5.41) is 10.7. The Bertz CT molecular complexity index is 1160. The fourth-order valence-corrected chi connectivity index (χ4v) is 7.02. The van der Waals surface area contributed by atoms with Gasteiger partial charge in [0, 0.05) is 44.1 Å². The van der Waals surface area contributed by atoms with Crippen molar-refractivity contribution in [1.82, 2.24) is 4.90 Å². The molecule has 0 amide bonds. The van der Waals surface area contributed by atoms with Crippen molar-refractivity contribution in [2.45, 2.75) is 62.4 Å². The summed E-state index contributed by atoms with van der Waals surface area (Å²) in [6, 6.07) is 20.5. The van der Waals surface area contributed by atoms with E-state index < -0.39 is 15.3 Å². The molecule has 2 aliphatic heterocycles. The van der Waals surface area contributed by atoms with E-state index in [0.29, 0.717) is 23.3 Å². The van der Waals surface area contributed by atoms with Crippen LogP contribution in [0.15, 0.2) is 59.5 Å². The lowest BCUT2D eigenvalue weighted by Crippen LogP contribution is -2.53. The molecule has 1 unspecified atom stereocenters. The number of ether oxygens (including phenoxy) is 1. The molecule has 2 fully saturated rings. The smallest absolute Gasteiger partial charge is 0.175 e. The third kappa shape index (κ3) is 6.59. The lowest BCUT2D eigenvalue weighted by Gasteiger charge is -2.46. The maximum absolute atomic E-state index is 11.7. The van der Waals surface area contributed by atoms with E-state index >= 15 is 0 Å². The molecule has 6 nitrogen and oxygen atoms in total. The van der Waals surface area contributed by atoms with Crippen molar-refractivity contribution in [3.8, 4) is 6.07 Å². The van der Waals surface area contributed by atoms with Gasteiger partial charge >= 0.3 is 0 Å². The Labute approximate surface area is 229 Å². The van der Waals surface area contributed by atoms with Crippen LogP contribution in [0.2, 0.25) is 0 Å². The lowest BCUT2D eigenvalue weighted by molar-refractivity contribution is 0.0234. The summed E-state index contributed by atoms with van der Waals surface area (Å²) in [4.78, 5) is 5.26. The van der Waals surface area contributed by atoms with Gasteiger partial charge in [0.15, 0.2) is 9.84 Å². The van der Waals surface area contributed by atoms with Crippen LogP contribution in [0.4, 0.5) is 5.69 Å². The molecule has 0 saturated carbocycles. The largest absolute Gasteiger partial charge is 0.378 e. The molecule has 38 heavy (non-hydrogen) atoms. The van der Waals surface area contributed by atoms with E-state index in [2.05, 4.69) is 47.1 Å². The van der Waals surface area contributed by atoms with Gasteiger partial charge in [0.25, 0.3) is 0 Å². The second-order valence-electron chi connectivity index (χ2n) is 11.1. The Morgan fingerprint density at radius 3 is 2.26 bits per heavy atom. The van der Waals surface area contributed by atoms with Gasteiger partial charge in [-0.25, -0.2) is 8.42 Å². The molecule has 0 aromatic heterocycles. The number of sulfone groups is 1. The molecule has 2 atom stereocenters. The van der Waals surface area contributed by atoms with Gasteiger partial charge in [0.1, 0.15) is 0 Å². The SMILES string of the molecule is CCC[C@H](CC(C#N)(c1ccccc1)C1CCN(CC2CN(c3ccc(S(C)(=O)=O)cc3)C2)CC1)OCC. The number of nitriles is 1. The van der Waals surface area contributed by atoms with Gasteiger partial charge in [-0.3, -0.25) is 0 Å². The molecule has 2 aliphatic rings. The molecule has 2 heterocycles. The number of hydrogen-bond acceptors (Lipinski definition) is 6. The highest BCUT2D eigenvalue weighted by atomic mass is 32.2. The van der Waals surface area contributed by atoms with Crippen molar-refractivity contribution in [1.29, 1.82) is 5.26 Å². The summed E-state index contributed by atoms with van der Waals surface area (Å²) in [7, 11) is -3.16. The van der Waals surface area contributed by atoms with E-state index in [1.807, 2.05) is 25.1 Å². The molecule has 0 aliphatic carbocycles. The van der Waals surface area contributed by atoms with Crippen LogP contribution in [-0.2, 0) is 20.0 Å². The van der Waals surface area contributed by atoms with Crippen molar-refractivity contribution < 1.29 is 13.2 Å². The minimum Gasteiger partial charge on any atom is -0.378 e. The van der Waals surface area contributed by atoms with Crippen LogP contribution >= 0.6 is 0 Å². The molecule has 0 radical (unpaired) electrons. The van der Waals surface area contributed by atoms with Crippen molar-refractivity contribution >= 4 is 15.5 Å². The van der Waals surface area contributed by atoms with Crippen LogP contribution in [0.5, 0.6) is 0 Å². The third-order valence-electron chi connectivity index (χ3n) is 8.44. The summed E-state index contributed by atoms with van der Waals surface area (Å²) in [5.74, 6) is 0.931. The predicted octanol–water partition coefficient (Wildman–Crippen LogP) is 5.30. The number of nitrogens with zero attached hydrogens (tertiary/aromatic N) is 3. The van der Waals surface area contributed by atoms with E-state index in [0.717, 1.165) is 76.1 Å². The lowest BCUT2D eigenvalue weighted by atomic mass is 9.64. The number of rotatable bonds is 12. The number of anilines is 1. The molecule has 2 aromatic rings. The van der Waals surface area contributed by atoms with Crippen molar-refractivity contribution in [2.75, 3.05) is 50.5 Å². The van der Waals surface area contributed by atoms with Gasteiger partial charge in [0.2, 0.25) is 0 Å². The first-order chi connectivity index (χ1) is 18.3. The molecule has 4 rings (SSSR count). The van der Waals surface area contributed by atoms with Crippen LogP contribution in [-0.4, -0.2) is 65.0 Å². The zero-order valence-corrected chi connectivity index (χ0v) is 24.0. The normalized spacial score (nSPS) is 19.9. The Balaban J connectivity index is 1.35. The Kier molecular flexibility index (Phi) is 9.51. The molecular formula is C31H43N3O3S. The Morgan fingerprint density at radius 2 is 1.71 bits per heavy atom. The average Bonchev–Trinajstić information content (AvgIpc) is 2.90. The van der Waals surface area contributed by atoms with Crippen LogP contribution in [0.1, 0.15) is 51.5 Å². The minimum absolute atomic E-state index is 0.107. The standard InChI is InChI=1S/C31H43N3O3S/c1-4-9-29(37-5-2)20-31(24-32,26-10-7-6-8-11-26)27-16-18-33(19-17-27)21-25-22-34(23-25)28-12-14-30(15-13-28)38(3,35)36/h6-8,10-15,25,27,29H,4-5,9,16-23H2,1-3H3/t29-,31?/m1/s1. The molecular weight excluding hydrogens is 494 g/mol. The predicted molar refractivity (Wildman–Crippen MR) is 153 cm³/mol. The zero-order chi connectivity index (χ0) is 27.2. The van der Waals surface area contributed by atoms with Crippen LogP contribution in [0, 0.1) is 23.2 Å². The quantitative estimate of drug-likeness (QED) is 0.366. The number of benzene rings is 2. The molecule has 0 spiro atoms. The first kappa shape index (κ1) is 28.6. The molecule has 2 saturated heterocycles. The second kappa shape index (κ2) is 12.6. The van der Waals surface area contributed by atoms with Gasteiger partial charge in [-0.1, -0.05) is 43.7 Å². The number of hydrogen-bond donors (Lipinski definition) is 0. The highest BCUT2D eigenvalue weighted by Crippen LogP contribution is 2.43. The van der Waals surface area contributed by atoms with Gasteiger partial charge in [-0.15, -0.1) is 0 Å². The van der Waals surface area contributed by atoms with E-state index in [9.17, 15) is 13.7 Å². The van der Waals surface area contributed by atoms with Gasteiger partial charge < -0.3 is 14.5 Å². The molecule has 0 N–H and O–H groups in total. The fourth-order valence-electron chi connectivity index (χ4n) is 6.39. The molecule has 7 heteroatoms. The summed E-state index contributed by atoms with van der Waals surface area (Å²) >= 11 is 0. The summed E-state index contributed by atoms with van der Waals surface area (Å²) in [6.07, 6.45) is 6.20. The zero-order valence-electron chi connectivity index (χ0n) is 23.2. The van der Waals surface area contributed by atoms with E-state index in [1.54, 1.807) is 12.1 Å². The van der Waals surface area contributed by atoms with E-state index in [4.69, 9.17) is 4.74 Å². The fraction of sp³-hybridized carbons (Fsp3) is 0.581. The number of piperidine rings is 1. The van der Waals surface area contributed by atoms with Gasteiger partial charge in [-0.2, -0.15) is 5.26 Å². The monoisotopic (exact) mass is 537 g/mol. The minimum atomic E-state index is -3.16. The van der Waals surface area contributed by atoms with Crippen molar-refractivity contribution in [3.63, 3.8) is 0 Å². The first-order valence-corrected chi connectivity index (χ1v) is 16.0. The highest BCUT2D eigenvalue weighted by molar-refractivity contribution is 7.90. The maximum Gasteiger partial charge on any atom is 0.175 e. The van der Waals surface area contributed by atoms with E-state index in [1.165, 1.54) is 6.26 Å². The third-order valence-corrected chi connectivity index (χ3v) is 9.57. The van der Waals surface area contributed by atoms with Gasteiger partial charge in [0.05, 0.1) is 22.5 Å². The summed E-state index contributed by atoms with van der Waals surface area (Å²) in [5.41, 5.74) is 1.71. The second-order valence-corrected chi connectivity index (χ2v) is 13.1. The number of likely N-dealkylation sites (tertiary alicyclic amines) is 1. The topological polar surface area (TPSA) is 73.6 Å². The molecule has 2 aromatic carbocycles. The summed E-state index contributed by atoms with van der Waals surface area (Å²) in [6.45, 7) is 10.0. The van der Waals surface area contributed by atoms with Crippen molar-refractivity contribution in [2.24, 2.45) is 11.8 Å². The first-order valence-electron chi connectivity index (χ1n) is 14.1. The van der Waals surface area contributed by atoms with Gasteiger partial charge in [-0.05, 0) is 81.4 Å². The highest BCUT2D eigenvalue weighted by Gasteiger charge is 2.44. The Morgan fingerprint density at radius 1 is 1.05 bits per heavy atom. The van der Waals surface area contributed by atoms with Crippen LogP contribution in [0.3, 0.4) is 0 Å². The molecule has 206 valence electrons. The average molecular weight is 538 g/mol. The van der Waals surface area contributed by atoms with Crippen LogP contribution in [0.25, 0.3) is 0 Å². The Hall–Kier alpha value is -2.40. The van der Waals surface area contributed by atoms with Crippen molar-refractivity contribution in [3.05, 3.63) is 60.2 Å².